The Kier molecular flexibility index (Phi) is 6.97. The molecule has 1 aromatic rings. The zero-order valence-corrected chi connectivity index (χ0v) is 13.8. The molecule has 0 aliphatic carbocycles. The molecule has 0 radical (unpaired) electrons. The van der Waals surface area contributed by atoms with Gasteiger partial charge in [0.2, 0.25) is 11.8 Å². The van der Waals surface area contributed by atoms with Gasteiger partial charge in [0.25, 0.3) is 0 Å². The van der Waals surface area contributed by atoms with E-state index in [0.717, 1.165) is 11.4 Å². The Labute approximate surface area is 133 Å². The van der Waals surface area contributed by atoms with Crippen molar-refractivity contribution < 1.29 is 19.5 Å². The van der Waals surface area contributed by atoms with Gasteiger partial charge in [0, 0.05) is 25.4 Å². The van der Waals surface area contributed by atoms with E-state index in [4.69, 9.17) is 5.11 Å². The van der Waals surface area contributed by atoms with Crippen LogP contribution in [0.25, 0.3) is 0 Å². The number of rotatable bonds is 8. The maximum absolute atomic E-state index is 12.3. The first kappa shape index (κ1) is 18.1. The monoisotopic (exact) mass is 327 g/mol. The van der Waals surface area contributed by atoms with Crippen molar-refractivity contribution in [1.29, 1.82) is 0 Å². The van der Waals surface area contributed by atoms with Crippen LogP contribution in [0.2, 0.25) is 0 Å². The van der Waals surface area contributed by atoms with Crippen molar-refractivity contribution in [1.82, 2.24) is 15.2 Å². The summed E-state index contributed by atoms with van der Waals surface area (Å²) in [5, 5.41) is 14.4. The minimum atomic E-state index is -1.08. The summed E-state index contributed by atoms with van der Waals surface area (Å²) in [6.07, 6.45) is 0.866. The number of nitrogens with zero attached hydrogens (tertiary/aromatic N) is 2. The summed E-state index contributed by atoms with van der Waals surface area (Å²) in [6, 6.07) is -0.953. The van der Waals surface area contributed by atoms with Gasteiger partial charge in [-0.2, -0.15) is 0 Å². The van der Waals surface area contributed by atoms with E-state index in [9.17, 15) is 14.4 Å². The number of carboxylic acids is 1. The van der Waals surface area contributed by atoms with E-state index >= 15 is 0 Å². The third-order valence-corrected chi connectivity index (χ3v) is 4.15. The molecule has 1 heterocycles. The number of nitrogens with one attached hydrogen (secondary N) is 1. The average molecular weight is 327 g/mol. The number of amides is 2. The Morgan fingerprint density at radius 1 is 1.45 bits per heavy atom. The van der Waals surface area contributed by atoms with Crippen LogP contribution in [-0.2, 0) is 27.2 Å². The van der Waals surface area contributed by atoms with Gasteiger partial charge in [0.15, 0.2) is 0 Å². The molecular formula is C14H21N3O4S. The molecule has 122 valence electrons. The van der Waals surface area contributed by atoms with Crippen LogP contribution in [0.4, 0.5) is 0 Å². The standard InChI is InChI=1S/C14H21N3O4S/c1-4-12-16-11(8-22-12)7-13(19)17(9(2)14(20)21)6-5-15-10(3)18/h8-9H,4-7H2,1-3H3,(H,15,18)(H,20,21). The fourth-order valence-corrected chi connectivity index (χ4v) is 2.61. The van der Waals surface area contributed by atoms with E-state index in [1.807, 2.05) is 12.3 Å². The van der Waals surface area contributed by atoms with E-state index < -0.39 is 12.0 Å². The molecule has 22 heavy (non-hydrogen) atoms. The predicted octanol–water partition coefficient (Wildman–Crippen LogP) is 0.686. The number of hydrogen-bond donors (Lipinski definition) is 2. The molecule has 1 unspecified atom stereocenters. The third kappa shape index (κ3) is 5.44. The van der Waals surface area contributed by atoms with Crippen LogP contribution in [0.5, 0.6) is 0 Å². The summed E-state index contributed by atoms with van der Waals surface area (Å²) < 4.78 is 0. The predicted molar refractivity (Wildman–Crippen MR) is 82.7 cm³/mol. The van der Waals surface area contributed by atoms with Gasteiger partial charge >= 0.3 is 5.97 Å². The number of carbonyl (C=O) groups is 3. The average Bonchev–Trinajstić information content (AvgIpc) is 2.90. The number of thiazole rings is 1. The van der Waals surface area contributed by atoms with Gasteiger partial charge in [-0.3, -0.25) is 9.59 Å². The van der Waals surface area contributed by atoms with Crippen LogP contribution in [0.1, 0.15) is 31.5 Å². The van der Waals surface area contributed by atoms with Crippen molar-refractivity contribution in [2.75, 3.05) is 13.1 Å². The lowest BCUT2D eigenvalue weighted by molar-refractivity contribution is -0.149. The lowest BCUT2D eigenvalue weighted by Crippen LogP contribution is -2.47. The highest BCUT2D eigenvalue weighted by Gasteiger charge is 2.25. The summed E-state index contributed by atoms with van der Waals surface area (Å²) in [4.78, 5) is 40.0. The number of aliphatic carboxylic acids is 1. The van der Waals surface area contributed by atoms with E-state index in [2.05, 4.69) is 10.3 Å². The van der Waals surface area contributed by atoms with Crippen LogP contribution in [0.15, 0.2) is 5.38 Å². The molecule has 0 spiro atoms. The summed E-state index contributed by atoms with van der Waals surface area (Å²) in [7, 11) is 0. The van der Waals surface area contributed by atoms with Gasteiger partial charge in [-0.25, -0.2) is 9.78 Å². The first-order valence-electron chi connectivity index (χ1n) is 7.05. The van der Waals surface area contributed by atoms with Gasteiger partial charge in [-0.05, 0) is 13.3 Å². The van der Waals surface area contributed by atoms with Gasteiger partial charge in [0.05, 0.1) is 17.1 Å². The number of aromatic nitrogens is 1. The van der Waals surface area contributed by atoms with Gasteiger partial charge in [0.1, 0.15) is 6.04 Å². The number of hydrogen-bond acceptors (Lipinski definition) is 5. The molecule has 0 fully saturated rings. The zero-order valence-electron chi connectivity index (χ0n) is 13.0. The summed E-state index contributed by atoms with van der Waals surface area (Å²) >= 11 is 1.48. The molecule has 1 rings (SSSR count). The molecule has 0 aromatic carbocycles. The van der Waals surface area contributed by atoms with Crippen LogP contribution >= 0.6 is 11.3 Å². The molecule has 1 aromatic heterocycles. The topological polar surface area (TPSA) is 99.6 Å². The summed E-state index contributed by atoms with van der Waals surface area (Å²) in [5.74, 6) is -1.61. The van der Waals surface area contributed by atoms with Crippen molar-refractivity contribution in [3.05, 3.63) is 16.1 Å². The van der Waals surface area contributed by atoms with Crippen LogP contribution in [-0.4, -0.2) is 51.9 Å². The van der Waals surface area contributed by atoms with Crippen LogP contribution in [0, 0.1) is 0 Å². The number of aryl methyl sites for hydroxylation is 1. The molecule has 0 saturated carbocycles. The first-order chi connectivity index (χ1) is 10.3. The van der Waals surface area contributed by atoms with Gasteiger partial charge in [-0.1, -0.05) is 6.92 Å². The van der Waals surface area contributed by atoms with E-state index in [1.54, 1.807) is 0 Å². The van der Waals surface area contributed by atoms with E-state index in [1.165, 1.54) is 30.1 Å². The Morgan fingerprint density at radius 3 is 2.64 bits per heavy atom. The second kappa shape index (κ2) is 8.47. The van der Waals surface area contributed by atoms with Gasteiger partial charge < -0.3 is 15.3 Å². The smallest absolute Gasteiger partial charge is 0.326 e. The maximum atomic E-state index is 12.3. The van der Waals surface area contributed by atoms with Crippen LogP contribution in [0.3, 0.4) is 0 Å². The van der Waals surface area contributed by atoms with Gasteiger partial charge in [-0.15, -0.1) is 11.3 Å². The summed E-state index contributed by atoms with van der Waals surface area (Å²) in [5.41, 5.74) is 0.647. The Morgan fingerprint density at radius 2 is 2.14 bits per heavy atom. The molecule has 1 atom stereocenters. The van der Waals surface area contributed by atoms with Crippen molar-refractivity contribution in [3.63, 3.8) is 0 Å². The van der Waals surface area contributed by atoms with Crippen molar-refractivity contribution in [2.24, 2.45) is 0 Å². The largest absolute Gasteiger partial charge is 0.480 e. The fraction of sp³-hybridized carbons (Fsp3) is 0.571. The van der Waals surface area contributed by atoms with Crippen molar-refractivity contribution >= 4 is 29.1 Å². The Bertz CT molecular complexity index is 544. The molecule has 0 bridgehead atoms. The molecule has 2 amide bonds. The molecule has 0 aliphatic heterocycles. The molecule has 0 aliphatic rings. The Hall–Kier alpha value is -1.96. The number of carboxylic acid groups (broad SMARTS) is 1. The molecule has 2 N–H and O–H groups in total. The third-order valence-electron chi connectivity index (χ3n) is 3.11. The molecule has 7 nitrogen and oxygen atoms in total. The van der Waals surface area contributed by atoms with E-state index in [0.29, 0.717) is 5.69 Å². The first-order valence-corrected chi connectivity index (χ1v) is 7.93. The molecule has 8 heteroatoms. The highest BCUT2D eigenvalue weighted by Crippen LogP contribution is 2.12. The highest BCUT2D eigenvalue weighted by atomic mass is 32.1. The van der Waals surface area contributed by atoms with E-state index in [-0.39, 0.29) is 31.3 Å². The quantitative estimate of drug-likeness (QED) is 0.731. The fourth-order valence-electron chi connectivity index (χ4n) is 1.87. The second-order valence-electron chi connectivity index (χ2n) is 4.85. The minimum Gasteiger partial charge on any atom is -0.480 e. The Balaban J connectivity index is 2.73. The lowest BCUT2D eigenvalue weighted by Gasteiger charge is -2.26. The maximum Gasteiger partial charge on any atom is 0.326 e. The highest BCUT2D eigenvalue weighted by molar-refractivity contribution is 7.09. The second-order valence-corrected chi connectivity index (χ2v) is 5.79. The number of carbonyl (C=O) groups excluding carboxylic acids is 2. The SMILES string of the molecule is CCc1nc(CC(=O)N(CCNC(C)=O)C(C)C(=O)O)cs1. The zero-order chi connectivity index (χ0) is 16.7. The summed E-state index contributed by atoms with van der Waals surface area (Å²) in [6.45, 7) is 5.17. The van der Waals surface area contributed by atoms with Crippen molar-refractivity contribution in [3.8, 4) is 0 Å². The molecular weight excluding hydrogens is 306 g/mol. The molecule has 0 saturated heterocycles. The minimum absolute atomic E-state index is 0.0637. The van der Waals surface area contributed by atoms with Crippen molar-refractivity contribution in [2.45, 2.75) is 39.7 Å². The van der Waals surface area contributed by atoms with Crippen LogP contribution < -0.4 is 5.32 Å². The lowest BCUT2D eigenvalue weighted by atomic mass is 10.2. The normalized spacial score (nSPS) is 11.8.